The lowest BCUT2D eigenvalue weighted by atomic mass is 10.0. The molecule has 198 valence electrons. The number of amides is 2. The van der Waals surface area contributed by atoms with E-state index in [-0.39, 0.29) is 5.75 Å². The van der Waals surface area contributed by atoms with Crippen LogP contribution in [0.5, 0.6) is 11.5 Å². The number of phenols is 1. The van der Waals surface area contributed by atoms with Gasteiger partial charge in [0.1, 0.15) is 11.5 Å². The Morgan fingerprint density at radius 1 is 0.872 bits per heavy atom. The zero-order chi connectivity index (χ0) is 27.6. The molecule has 8 nitrogen and oxygen atoms in total. The molecule has 0 spiro atoms. The van der Waals surface area contributed by atoms with Crippen LogP contribution in [0, 0.1) is 3.57 Å². The Labute approximate surface area is 239 Å². The first-order chi connectivity index (χ1) is 18.9. The van der Waals surface area contributed by atoms with E-state index >= 15 is 0 Å². The molecule has 39 heavy (non-hydrogen) atoms. The van der Waals surface area contributed by atoms with E-state index in [1.54, 1.807) is 84.9 Å². The summed E-state index contributed by atoms with van der Waals surface area (Å²) in [5, 5.41) is 16.1. The third-order valence-corrected chi connectivity index (χ3v) is 6.19. The molecule has 0 fully saturated rings. The number of carbonyl (C=O) groups excluding carboxylic acids is 2. The Hall–Kier alpha value is -4.51. The fourth-order valence-electron chi connectivity index (χ4n) is 3.67. The molecule has 9 heteroatoms. The topological polar surface area (TPSA) is 123 Å². The van der Waals surface area contributed by atoms with E-state index in [2.05, 4.69) is 33.2 Å². The van der Waals surface area contributed by atoms with E-state index in [4.69, 9.17) is 15.2 Å². The molecule has 2 amide bonds. The summed E-state index contributed by atoms with van der Waals surface area (Å²) in [5.74, 6) is -0.0829. The molecule has 0 aliphatic heterocycles. The van der Waals surface area contributed by atoms with Crippen LogP contribution in [-0.4, -0.2) is 23.2 Å². The summed E-state index contributed by atoms with van der Waals surface area (Å²) >= 11 is 2.10. The molecule has 0 aliphatic rings. The molecule has 5 N–H and O–H groups in total. The van der Waals surface area contributed by atoms with Crippen LogP contribution < -0.4 is 21.1 Å². The number of ether oxygens (including phenoxy) is 2. The molecule has 0 heterocycles. The van der Waals surface area contributed by atoms with Gasteiger partial charge in [-0.3, -0.25) is 10.1 Å². The molecule has 2 atom stereocenters. The van der Waals surface area contributed by atoms with Crippen LogP contribution >= 0.6 is 22.6 Å². The standard InChI is InChI=1S/C30H26IN3O5/c31-20-15-16-26(35)23(19-20)29(39-30(37)33-21-9-3-1-4-10-21)27(38-22-11-5-2-6-12-22)17-18-28(36)34-25-14-8-7-13-24(25)32/h1-19,27,29,35H,32H2,(H,33,37)(H,34,36)/b18-17+/t27-,29-/m0/s1. The van der Waals surface area contributed by atoms with E-state index in [1.807, 2.05) is 12.1 Å². The number of hydrogen-bond acceptors (Lipinski definition) is 6. The summed E-state index contributed by atoms with van der Waals surface area (Å²) in [6.45, 7) is 0. The molecule has 0 unspecified atom stereocenters. The third kappa shape index (κ3) is 7.99. The Bertz CT molecular complexity index is 1450. The molecule has 0 saturated heterocycles. The van der Waals surface area contributed by atoms with Crippen molar-refractivity contribution in [2.45, 2.75) is 12.2 Å². The van der Waals surface area contributed by atoms with E-state index in [1.165, 1.54) is 18.2 Å². The van der Waals surface area contributed by atoms with E-state index in [0.717, 1.165) is 3.57 Å². The number of rotatable bonds is 9. The Morgan fingerprint density at radius 2 is 1.54 bits per heavy atom. The maximum absolute atomic E-state index is 13.0. The molecule has 0 aliphatic carbocycles. The smallest absolute Gasteiger partial charge is 0.412 e. The molecular formula is C30H26IN3O5. The fraction of sp³-hybridized carbons (Fsp3) is 0.0667. The number of carbonyl (C=O) groups is 2. The first-order valence-corrected chi connectivity index (χ1v) is 13.0. The number of nitrogen functional groups attached to an aromatic ring is 1. The molecule has 4 aromatic rings. The zero-order valence-corrected chi connectivity index (χ0v) is 22.8. The number of aromatic hydroxyl groups is 1. The van der Waals surface area contributed by atoms with Gasteiger partial charge in [-0.1, -0.05) is 48.5 Å². The third-order valence-electron chi connectivity index (χ3n) is 5.52. The highest BCUT2D eigenvalue weighted by Crippen LogP contribution is 2.34. The first-order valence-electron chi connectivity index (χ1n) is 12.0. The minimum Gasteiger partial charge on any atom is -0.508 e. The van der Waals surface area contributed by atoms with Crippen molar-refractivity contribution >= 4 is 51.7 Å². The summed E-state index contributed by atoms with van der Waals surface area (Å²) in [6.07, 6.45) is -0.148. The average molecular weight is 635 g/mol. The predicted molar refractivity (Wildman–Crippen MR) is 160 cm³/mol. The van der Waals surface area contributed by atoms with Gasteiger partial charge < -0.3 is 25.6 Å². The Kier molecular flexibility index (Phi) is 9.41. The second kappa shape index (κ2) is 13.3. The second-order valence-electron chi connectivity index (χ2n) is 8.35. The van der Waals surface area contributed by atoms with Crippen LogP contribution in [-0.2, 0) is 9.53 Å². The highest BCUT2D eigenvalue weighted by Gasteiger charge is 2.30. The molecule has 0 aromatic heterocycles. The number of nitrogens with one attached hydrogen (secondary N) is 2. The number of benzene rings is 4. The van der Waals surface area contributed by atoms with E-state index in [9.17, 15) is 14.7 Å². The zero-order valence-electron chi connectivity index (χ0n) is 20.7. The number of halogens is 1. The van der Waals surface area contributed by atoms with Gasteiger partial charge in [-0.2, -0.15) is 0 Å². The number of anilines is 3. The van der Waals surface area contributed by atoms with Gasteiger partial charge in [-0.05, 0) is 83.3 Å². The normalized spacial score (nSPS) is 12.3. The number of phenolic OH excluding ortho intramolecular Hbond substituents is 1. The predicted octanol–water partition coefficient (Wildman–Crippen LogP) is 6.51. The van der Waals surface area contributed by atoms with Crippen molar-refractivity contribution in [2.24, 2.45) is 0 Å². The van der Waals surface area contributed by atoms with Gasteiger partial charge >= 0.3 is 6.09 Å². The fourth-order valence-corrected chi connectivity index (χ4v) is 4.19. The van der Waals surface area contributed by atoms with Gasteiger partial charge in [0.05, 0.1) is 11.4 Å². The van der Waals surface area contributed by atoms with E-state index in [0.29, 0.717) is 28.4 Å². The lowest BCUT2D eigenvalue weighted by Crippen LogP contribution is -2.30. The quantitative estimate of drug-likeness (QED) is 0.0945. The monoisotopic (exact) mass is 635 g/mol. The first kappa shape index (κ1) is 27.5. The minimum absolute atomic E-state index is 0.0931. The van der Waals surface area contributed by atoms with Crippen molar-refractivity contribution in [3.05, 3.63) is 124 Å². The summed E-state index contributed by atoms with van der Waals surface area (Å²) in [4.78, 5) is 25.8. The minimum atomic E-state index is -1.13. The maximum Gasteiger partial charge on any atom is 0.412 e. The van der Waals surface area contributed by atoms with Gasteiger partial charge in [0.2, 0.25) is 5.91 Å². The van der Waals surface area contributed by atoms with Crippen LogP contribution in [0.1, 0.15) is 11.7 Å². The summed E-state index contributed by atoms with van der Waals surface area (Å²) in [5.41, 5.74) is 7.66. The van der Waals surface area contributed by atoms with Crippen molar-refractivity contribution in [3.8, 4) is 11.5 Å². The van der Waals surface area contributed by atoms with Crippen LogP contribution in [0.25, 0.3) is 0 Å². The summed E-state index contributed by atoms with van der Waals surface area (Å²) < 4.78 is 12.8. The van der Waals surface area contributed by atoms with E-state index < -0.39 is 24.2 Å². The van der Waals surface area contributed by atoms with Crippen LogP contribution in [0.15, 0.2) is 115 Å². The van der Waals surface area contributed by atoms with Gasteiger partial charge in [0.25, 0.3) is 0 Å². The largest absolute Gasteiger partial charge is 0.508 e. The molecule has 4 aromatic carbocycles. The van der Waals surface area contributed by atoms with Gasteiger partial charge in [0, 0.05) is 20.9 Å². The van der Waals surface area contributed by atoms with Crippen molar-refractivity contribution in [1.29, 1.82) is 0 Å². The average Bonchev–Trinajstić information content (AvgIpc) is 2.93. The Balaban J connectivity index is 1.67. The van der Waals surface area contributed by atoms with Crippen LogP contribution in [0.2, 0.25) is 0 Å². The lowest BCUT2D eigenvalue weighted by Gasteiger charge is -2.27. The van der Waals surface area contributed by atoms with Crippen molar-refractivity contribution < 1.29 is 24.2 Å². The lowest BCUT2D eigenvalue weighted by molar-refractivity contribution is -0.112. The van der Waals surface area contributed by atoms with Crippen molar-refractivity contribution in [1.82, 2.24) is 0 Å². The van der Waals surface area contributed by atoms with Gasteiger partial charge in [-0.25, -0.2) is 4.79 Å². The number of hydrogen-bond donors (Lipinski definition) is 4. The van der Waals surface area contributed by atoms with Crippen molar-refractivity contribution in [2.75, 3.05) is 16.4 Å². The summed E-state index contributed by atoms with van der Waals surface area (Å²) in [6, 6.07) is 29.5. The molecule has 0 radical (unpaired) electrons. The Morgan fingerprint density at radius 3 is 2.26 bits per heavy atom. The maximum atomic E-state index is 13.0. The SMILES string of the molecule is Nc1ccccc1NC(=O)/C=C/[C@H](Oc1ccccc1)[C@@H](OC(=O)Nc1ccccc1)c1cc(I)ccc1O. The summed E-state index contributed by atoms with van der Waals surface area (Å²) in [7, 11) is 0. The molecular weight excluding hydrogens is 609 g/mol. The van der Waals surface area contributed by atoms with Gasteiger partial charge in [0.15, 0.2) is 12.2 Å². The van der Waals surface area contributed by atoms with Crippen LogP contribution in [0.3, 0.4) is 0 Å². The van der Waals surface area contributed by atoms with Crippen LogP contribution in [0.4, 0.5) is 21.9 Å². The number of nitrogens with two attached hydrogens (primary N) is 1. The molecule has 0 saturated carbocycles. The van der Waals surface area contributed by atoms with Crippen molar-refractivity contribution in [3.63, 3.8) is 0 Å². The highest BCUT2D eigenvalue weighted by molar-refractivity contribution is 14.1. The molecule has 0 bridgehead atoms. The highest BCUT2D eigenvalue weighted by atomic mass is 127. The van der Waals surface area contributed by atoms with Gasteiger partial charge in [-0.15, -0.1) is 0 Å². The second-order valence-corrected chi connectivity index (χ2v) is 9.60. The number of para-hydroxylation sites is 4. The molecule has 4 rings (SSSR count).